The molecule has 70 valence electrons. The summed E-state index contributed by atoms with van der Waals surface area (Å²) < 4.78 is 0. The van der Waals surface area contributed by atoms with Gasteiger partial charge in [-0.15, -0.1) is 0 Å². The van der Waals surface area contributed by atoms with Gasteiger partial charge >= 0.3 is 136 Å². The van der Waals surface area contributed by atoms with Gasteiger partial charge < -0.3 is 0 Å². The summed E-state index contributed by atoms with van der Waals surface area (Å²) in [5.41, 5.74) is 0. The third-order valence-corrected chi connectivity index (χ3v) is 450. The quantitative estimate of drug-likeness (QED) is 0.249. The molecule has 0 fully saturated rings. The van der Waals surface area contributed by atoms with Crippen LogP contribution >= 0.6 is 136 Å². The molecule has 0 unspecified atom stereocenters. The van der Waals surface area contributed by atoms with E-state index >= 15 is 0 Å². The van der Waals surface area contributed by atoms with E-state index in [1.807, 2.05) is 0 Å². The number of rotatable bonds is 3. The summed E-state index contributed by atoms with van der Waals surface area (Å²) in [7, 11) is 4.00. The van der Waals surface area contributed by atoms with Crippen LogP contribution < -0.4 is 0 Å². The van der Waals surface area contributed by atoms with Crippen molar-refractivity contribution in [2.45, 2.75) is 0 Å². The SMILES string of the molecule is ClI(I)I(I)I(I)I(I)I. The van der Waals surface area contributed by atoms with Gasteiger partial charge in [0.25, 0.3) is 0 Å². The summed E-state index contributed by atoms with van der Waals surface area (Å²) in [6.07, 6.45) is 0. The third-order valence-electron chi connectivity index (χ3n) is 0.245. The van der Waals surface area contributed by atoms with Crippen molar-refractivity contribution in [1.82, 2.24) is 0 Å². The van der Waals surface area contributed by atoms with Crippen molar-refractivity contribution in [2.24, 2.45) is 0 Å². The molecule has 0 atom stereocenters. The van der Waals surface area contributed by atoms with Crippen LogP contribution in [0.4, 0.5) is 0 Å². The molecule has 0 rings (SSSR count). The van der Waals surface area contributed by atoms with Crippen molar-refractivity contribution in [1.29, 1.82) is 0 Å². The maximum absolute atomic E-state index is 6.23. The molecular formula is ClI9. The van der Waals surface area contributed by atoms with Gasteiger partial charge in [0.05, 0.1) is 0 Å². The van der Waals surface area contributed by atoms with Crippen molar-refractivity contribution >= 4 is 136 Å². The van der Waals surface area contributed by atoms with E-state index in [0.29, 0.717) is 0 Å². The van der Waals surface area contributed by atoms with Gasteiger partial charge in [-0.3, -0.25) is 0 Å². The van der Waals surface area contributed by atoms with Crippen LogP contribution in [0.25, 0.3) is 0 Å². The first kappa shape index (κ1) is 16.9. The summed E-state index contributed by atoms with van der Waals surface area (Å²) in [6.45, 7) is 0. The fourth-order valence-electron chi connectivity index (χ4n) is 0.0617. The van der Waals surface area contributed by atoms with Crippen LogP contribution in [0, 0.1) is 0 Å². The molecule has 0 aromatic heterocycles. The molecule has 0 saturated carbocycles. The maximum atomic E-state index is 6.23. The fourth-order valence-corrected chi connectivity index (χ4v) is 722. The monoisotopic (exact) mass is 1180 g/mol. The van der Waals surface area contributed by atoms with Gasteiger partial charge in [0.2, 0.25) is 0 Å². The Morgan fingerprint density at radius 3 is 1.30 bits per heavy atom. The molecule has 10 heteroatoms. The molecule has 0 aromatic rings. The van der Waals surface area contributed by atoms with Gasteiger partial charge in [0.15, 0.2) is 0 Å². The predicted molar refractivity (Wildman–Crippen MR) is 132 cm³/mol. The van der Waals surface area contributed by atoms with E-state index < -0.39 is 34.4 Å². The first-order valence-electron chi connectivity index (χ1n) is 1.29. The first-order valence-corrected chi connectivity index (χ1v) is 54.3. The van der Waals surface area contributed by atoms with Gasteiger partial charge in [-0.05, 0) is 0 Å². The van der Waals surface area contributed by atoms with Gasteiger partial charge in [-0.2, -0.15) is 0 Å². The predicted octanol–water partition coefficient (Wildman–Crippen LogP) is 8.66. The van der Waals surface area contributed by atoms with Crippen LogP contribution in [-0.4, -0.2) is 0 Å². The molecule has 0 aromatic carbocycles. The van der Waals surface area contributed by atoms with Crippen molar-refractivity contribution < 1.29 is 0 Å². The fraction of sp³-hybridized carbons (Fsp3) is 0. The van der Waals surface area contributed by atoms with Crippen LogP contribution in [0.15, 0.2) is 0 Å². The Hall–Kier alpha value is 6.86. The van der Waals surface area contributed by atoms with Gasteiger partial charge in [0, 0.05) is 0 Å². The molecule has 0 aliphatic rings. The minimum absolute atomic E-state index is 0.419. The Kier molecular flexibility index (Phi) is 16.6. The average Bonchev–Trinajstić information content (AvgIpc) is 1.84. The second kappa shape index (κ2) is 9.85. The van der Waals surface area contributed by atoms with Crippen molar-refractivity contribution in [3.8, 4) is 0 Å². The second-order valence-electron chi connectivity index (χ2n) is 0.648. The summed E-state index contributed by atoms with van der Waals surface area (Å²) >= 11 is 13.5. The van der Waals surface area contributed by atoms with E-state index in [2.05, 4.69) is 93.1 Å². The standard InChI is InChI=1S/ClI9/c1-7(2)9(5)10(6)8(3)4. The summed E-state index contributed by atoms with van der Waals surface area (Å²) in [5, 5.41) is 0. The van der Waals surface area contributed by atoms with E-state index in [-0.39, 0.29) is 0 Å². The molecule has 0 amide bonds. The van der Waals surface area contributed by atoms with Gasteiger partial charge in [-0.25, -0.2) is 0 Å². The molecule has 0 bridgehead atoms. The Morgan fingerprint density at radius 1 is 0.800 bits per heavy atom. The minimum atomic E-state index is -0.856. The van der Waals surface area contributed by atoms with E-state index in [9.17, 15) is 0 Å². The average molecular weight is 1180 g/mol. The van der Waals surface area contributed by atoms with Crippen molar-refractivity contribution in [2.75, 3.05) is 0 Å². The Balaban J connectivity index is 3.81. The zero-order valence-electron chi connectivity index (χ0n) is 3.78. The van der Waals surface area contributed by atoms with E-state index in [1.165, 1.54) is 0 Å². The molecule has 0 aliphatic carbocycles. The van der Waals surface area contributed by atoms with Crippen molar-refractivity contribution in [3.63, 3.8) is 0 Å². The van der Waals surface area contributed by atoms with Crippen LogP contribution in [0.5, 0.6) is 0 Å². The van der Waals surface area contributed by atoms with Crippen LogP contribution in [0.3, 0.4) is 0 Å². The van der Waals surface area contributed by atoms with Crippen LogP contribution in [0.1, 0.15) is 0 Å². The van der Waals surface area contributed by atoms with Gasteiger partial charge in [-0.1, -0.05) is 0 Å². The third kappa shape index (κ3) is 8.03. The molecule has 0 N–H and O–H groups in total. The second-order valence-corrected chi connectivity index (χ2v) is 178. The molecule has 0 heterocycles. The first-order chi connectivity index (χ1) is 4.46. The Labute approximate surface area is 130 Å². The van der Waals surface area contributed by atoms with Crippen molar-refractivity contribution in [3.05, 3.63) is 0 Å². The molecular weight excluding hydrogens is 1180 g/mol. The summed E-state index contributed by atoms with van der Waals surface area (Å²) in [6, 6.07) is 0. The molecule has 0 radical (unpaired) electrons. The molecule has 0 nitrogen and oxygen atoms in total. The molecule has 0 aliphatic heterocycles. The zero-order chi connectivity index (χ0) is 8.31. The molecule has 10 heavy (non-hydrogen) atoms. The van der Waals surface area contributed by atoms with E-state index in [4.69, 9.17) is 8.91 Å². The number of hydrogen-bond donors (Lipinski definition) is 0. The van der Waals surface area contributed by atoms with Crippen LogP contribution in [-0.2, 0) is 0 Å². The van der Waals surface area contributed by atoms with Crippen LogP contribution in [0.2, 0.25) is 0 Å². The summed E-state index contributed by atoms with van der Waals surface area (Å²) in [5.74, 6) is 0. The summed E-state index contributed by atoms with van der Waals surface area (Å²) in [4.78, 5) is 0. The molecule has 0 spiro atoms. The molecule has 0 saturated heterocycles. The number of halogens is 10. The van der Waals surface area contributed by atoms with Gasteiger partial charge in [0.1, 0.15) is 0 Å². The topological polar surface area (TPSA) is 0 Å². The Bertz CT molecular complexity index is 74.7. The Morgan fingerprint density at radius 2 is 1.20 bits per heavy atom. The van der Waals surface area contributed by atoms with E-state index in [0.717, 1.165) is 0 Å². The normalized spacial score (nSPS) is 16.2. The van der Waals surface area contributed by atoms with E-state index in [1.54, 1.807) is 0 Å². The zero-order valence-corrected chi connectivity index (χ0v) is 24.0. The number of hydrogen-bond acceptors (Lipinski definition) is 0.